The average Bonchev–Trinajstić information content (AvgIpc) is 3.08. The summed E-state index contributed by atoms with van der Waals surface area (Å²) in [5, 5.41) is 3.51. The van der Waals surface area contributed by atoms with Crippen LogP contribution in [0.1, 0.15) is 41.8 Å². The number of aliphatic imine (C=N–C) groups is 1. The van der Waals surface area contributed by atoms with Crippen molar-refractivity contribution in [2.24, 2.45) is 10.9 Å². The molecule has 0 saturated heterocycles. The predicted molar refractivity (Wildman–Crippen MR) is 152 cm³/mol. The summed E-state index contributed by atoms with van der Waals surface area (Å²) in [7, 11) is 0. The fourth-order valence-corrected chi connectivity index (χ4v) is 4.85. The number of nitrogens with one attached hydrogen (secondary N) is 3. The van der Waals surface area contributed by atoms with E-state index in [0.717, 1.165) is 32.5 Å². The van der Waals surface area contributed by atoms with Crippen molar-refractivity contribution in [2.75, 3.05) is 6.54 Å². The SMILES string of the molecule is CC1=C(C/C=C\C(C)C(=O)CNNC(=O)c2ccccc2)Sc2ccccc2C(=NCc2cccnc2)N1. The Labute approximate surface area is 227 Å². The number of thioether (sulfide) groups is 1. The highest BCUT2D eigenvalue weighted by Crippen LogP contribution is 2.36. The number of nitrogens with zero attached hydrogens (tertiary/aromatic N) is 2. The number of pyridine rings is 1. The molecule has 194 valence electrons. The molecule has 1 atom stereocenters. The molecule has 3 aromatic rings. The first-order valence-electron chi connectivity index (χ1n) is 12.5. The van der Waals surface area contributed by atoms with E-state index in [1.165, 1.54) is 0 Å². The molecule has 2 heterocycles. The van der Waals surface area contributed by atoms with E-state index < -0.39 is 0 Å². The number of hydrogen-bond donors (Lipinski definition) is 3. The number of benzene rings is 2. The van der Waals surface area contributed by atoms with E-state index in [-0.39, 0.29) is 24.2 Å². The standard InChI is InChI=1S/C30H31N5O2S/c1-21(26(36)20-33-35-30(37)24-12-4-3-5-13-24)10-8-16-27-22(2)34-29(25-14-6-7-15-28(25)38-27)32-19-23-11-9-17-31-18-23/h3-15,17-18,21,33H,16,19-20H2,1-2H3,(H,32,34)(H,35,37)/b10-8-. The Hall–Kier alpha value is -4.01. The zero-order valence-corrected chi connectivity index (χ0v) is 22.3. The van der Waals surface area contributed by atoms with E-state index >= 15 is 0 Å². The first-order valence-corrected chi connectivity index (χ1v) is 13.3. The number of fused-ring (bicyclic) bond motifs is 1. The number of aromatic nitrogens is 1. The van der Waals surface area contributed by atoms with E-state index in [1.807, 2.05) is 55.6 Å². The van der Waals surface area contributed by atoms with Gasteiger partial charge in [-0.15, -0.1) is 0 Å². The lowest BCUT2D eigenvalue weighted by Crippen LogP contribution is -2.41. The quantitative estimate of drug-likeness (QED) is 0.254. The number of amides is 1. The summed E-state index contributed by atoms with van der Waals surface area (Å²) in [4.78, 5) is 36.0. The second kappa shape index (κ2) is 13.5. The molecule has 0 bridgehead atoms. The Morgan fingerprint density at radius 3 is 2.66 bits per heavy atom. The lowest BCUT2D eigenvalue weighted by molar-refractivity contribution is -0.120. The number of Topliss-reactive ketones (excluding diaryl/α,β-unsaturated/α-hetero) is 1. The van der Waals surface area contributed by atoms with Crippen LogP contribution >= 0.6 is 11.8 Å². The summed E-state index contributed by atoms with van der Waals surface area (Å²) in [6.45, 7) is 4.50. The van der Waals surface area contributed by atoms with E-state index in [0.29, 0.717) is 18.5 Å². The second-order valence-electron chi connectivity index (χ2n) is 8.86. The monoisotopic (exact) mass is 525 g/mol. The minimum atomic E-state index is -0.287. The van der Waals surface area contributed by atoms with Gasteiger partial charge in [-0.1, -0.05) is 73.3 Å². The van der Waals surface area contributed by atoms with Gasteiger partial charge in [0, 0.05) is 44.9 Å². The zero-order valence-electron chi connectivity index (χ0n) is 21.5. The van der Waals surface area contributed by atoms with Crippen LogP contribution in [0.4, 0.5) is 0 Å². The summed E-state index contributed by atoms with van der Waals surface area (Å²) >= 11 is 1.71. The highest BCUT2D eigenvalue weighted by Gasteiger charge is 2.18. The molecule has 1 unspecified atom stereocenters. The minimum absolute atomic E-state index is 0.0119. The van der Waals surface area contributed by atoms with Crippen molar-refractivity contribution in [1.29, 1.82) is 0 Å². The average molecular weight is 526 g/mol. The molecule has 0 fully saturated rings. The Morgan fingerprint density at radius 1 is 1.08 bits per heavy atom. The second-order valence-corrected chi connectivity index (χ2v) is 10.00. The van der Waals surface area contributed by atoms with Crippen molar-refractivity contribution in [3.05, 3.63) is 119 Å². The van der Waals surface area contributed by atoms with Crippen molar-refractivity contribution >= 4 is 29.3 Å². The van der Waals surface area contributed by atoms with Crippen LogP contribution < -0.4 is 16.2 Å². The molecule has 3 N–H and O–H groups in total. The topological polar surface area (TPSA) is 95.5 Å². The van der Waals surface area contributed by atoms with Gasteiger partial charge in [0.05, 0.1) is 13.1 Å². The van der Waals surface area contributed by atoms with Crippen molar-refractivity contribution in [1.82, 2.24) is 21.2 Å². The van der Waals surface area contributed by atoms with E-state index in [9.17, 15) is 9.59 Å². The normalized spacial score (nSPS) is 15.1. The summed E-state index contributed by atoms with van der Waals surface area (Å²) in [6.07, 6.45) is 8.21. The first kappa shape index (κ1) is 27.0. The molecule has 1 aliphatic heterocycles. The highest BCUT2D eigenvalue weighted by molar-refractivity contribution is 8.03. The van der Waals surface area contributed by atoms with Gasteiger partial charge < -0.3 is 5.32 Å². The van der Waals surface area contributed by atoms with Crippen LogP contribution in [0.3, 0.4) is 0 Å². The molecule has 0 radical (unpaired) electrons. The predicted octanol–water partition coefficient (Wildman–Crippen LogP) is 5.04. The lowest BCUT2D eigenvalue weighted by atomic mass is 10.1. The number of amidine groups is 1. The molecule has 4 rings (SSSR count). The summed E-state index contributed by atoms with van der Waals surface area (Å²) in [5.41, 5.74) is 8.98. The van der Waals surface area contributed by atoms with Gasteiger partial charge in [-0.25, -0.2) is 5.43 Å². The molecule has 8 heteroatoms. The third-order valence-corrected chi connectivity index (χ3v) is 7.27. The Kier molecular flexibility index (Phi) is 9.61. The third kappa shape index (κ3) is 7.50. The van der Waals surface area contributed by atoms with Gasteiger partial charge in [0.2, 0.25) is 0 Å². The fraction of sp³-hybridized carbons (Fsp3) is 0.200. The molecule has 38 heavy (non-hydrogen) atoms. The maximum atomic E-state index is 12.5. The van der Waals surface area contributed by atoms with Crippen molar-refractivity contribution < 1.29 is 9.59 Å². The van der Waals surface area contributed by atoms with Crippen molar-refractivity contribution in [2.45, 2.75) is 31.7 Å². The third-order valence-electron chi connectivity index (χ3n) is 5.98. The van der Waals surface area contributed by atoms with Crippen molar-refractivity contribution in [3.8, 4) is 0 Å². The molecule has 0 saturated carbocycles. The number of carbonyl (C=O) groups is 2. The molecule has 1 amide bonds. The van der Waals surface area contributed by atoms with Crippen LogP contribution in [-0.4, -0.2) is 29.1 Å². The van der Waals surface area contributed by atoms with E-state index in [2.05, 4.69) is 40.2 Å². The molecule has 1 aromatic heterocycles. The molecular formula is C30H31N5O2S. The molecule has 0 spiro atoms. The summed E-state index contributed by atoms with van der Waals surface area (Å²) in [5.74, 6) is 0.262. The lowest BCUT2D eigenvalue weighted by Gasteiger charge is -2.10. The van der Waals surface area contributed by atoms with Crippen LogP contribution in [0.2, 0.25) is 0 Å². The summed E-state index contributed by atoms with van der Waals surface area (Å²) < 4.78 is 0. The molecule has 2 aromatic carbocycles. The highest BCUT2D eigenvalue weighted by atomic mass is 32.2. The van der Waals surface area contributed by atoms with Gasteiger partial charge in [-0.05, 0) is 43.2 Å². The van der Waals surface area contributed by atoms with Crippen LogP contribution in [0.15, 0.2) is 112 Å². The van der Waals surface area contributed by atoms with Crippen LogP contribution in [-0.2, 0) is 11.3 Å². The van der Waals surface area contributed by atoms with Gasteiger partial charge in [0.1, 0.15) is 5.84 Å². The van der Waals surface area contributed by atoms with Gasteiger partial charge in [-0.2, -0.15) is 0 Å². The van der Waals surface area contributed by atoms with Crippen LogP contribution in [0.5, 0.6) is 0 Å². The van der Waals surface area contributed by atoms with Gasteiger partial charge in [0.25, 0.3) is 5.91 Å². The number of ketones is 1. The molecular weight excluding hydrogens is 494 g/mol. The van der Waals surface area contributed by atoms with Crippen LogP contribution in [0, 0.1) is 5.92 Å². The smallest absolute Gasteiger partial charge is 0.265 e. The van der Waals surface area contributed by atoms with Crippen molar-refractivity contribution in [3.63, 3.8) is 0 Å². The number of hydrazine groups is 1. The molecule has 1 aliphatic rings. The number of allylic oxidation sites excluding steroid dienone is 4. The summed E-state index contributed by atoms with van der Waals surface area (Å²) in [6, 6.07) is 21.0. The van der Waals surface area contributed by atoms with Crippen LogP contribution in [0.25, 0.3) is 0 Å². The van der Waals surface area contributed by atoms with E-state index in [1.54, 1.807) is 42.2 Å². The van der Waals surface area contributed by atoms with Gasteiger partial charge >= 0.3 is 0 Å². The number of carbonyl (C=O) groups excluding carboxylic acids is 2. The zero-order chi connectivity index (χ0) is 26.7. The van der Waals surface area contributed by atoms with Gasteiger partial charge in [0.15, 0.2) is 5.78 Å². The maximum absolute atomic E-state index is 12.5. The Balaban J connectivity index is 1.35. The van der Waals surface area contributed by atoms with Gasteiger partial charge in [-0.3, -0.25) is 25.0 Å². The Bertz CT molecular complexity index is 1350. The molecule has 7 nitrogen and oxygen atoms in total. The Morgan fingerprint density at radius 2 is 1.87 bits per heavy atom. The maximum Gasteiger partial charge on any atom is 0.265 e. The number of rotatable bonds is 10. The minimum Gasteiger partial charge on any atom is -0.343 e. The largest absolute Gasteiger partial charge is 0.343 e. The number of hydrogen-bond acceptors (Lipinski definition) is 6. The fourth-order valence-electron chi connectivity index (χ4n) is 3.78. The van der Waals surface area contributed by atoms with E-state index in [4.69, 9.17) is 4.99 Å². The first-order chi connectivity index (χ1) is 18.5. The molecule has 0 aliphatic carbocycles.